The Balaban J connectivity index is 1.71. The molecule has 190 valence electrons. The SMILES string of the molecule is COCC(=O)n1ccc2c(-c3noc(-c4ccc(OC(C)C(F)(F)F)c(C(F)(F)F)c4)n3)cccc21. The number of methoxy groups -OCH3 is 1. The molecule has 0 amide bonds. The first-order chi connectivity index (χ1) is 16.9. The van der Waals surface area contributed by atoms with E-state index in [1.807, 2.05) is 0 Å². The van der Waals surface area contributed by atoms with Crippen LogP contribution in [0, 0.1) is 0 Å². The number of ether oxygens (including phenoxy) is 2. The molecule has 13 heteroatoms. The number of carbonyl (C=O) groups excluding carboxylic acids is 1. The van der Waals surface area contributed by atoms with Crippen molar-refractivity contribution in [3.05, 3.63) is 54.2 Å². The maximum atomic E-state index is 13.6. The summed E-state index contributed by atoms with van der Waals surface area (Å²) in [4.78, 5) is 16.4. The van der Waals surface area contributed by atoms with E-state index in [-0.39, 0.29) is 29.8 Å². The van der Waals surface area contributed by atoms with E-state index in [0.717, 1.165) is 12.1 Å². The first-order valence-corrected chi connectivity index (χ1v) is 10.3. The maximum absolute atomic E-state index is 13.6. The average molecular weight is 513 g/mol. The van der Waals surface area contributed by atoms with Crippen molar-refractivity contribution in [2.24, 2.45) is 0 Å². The van der Waals surface area contributed by atoms with Gasteiger partial charge in [-0.2, -0.15) is 31.3 Å². The summed E-state index contributed by atoms with van der Waals surface area (Å²) in [5.41, 5.74) is -0.623. The molecule has 2 aromatic heterocycles. The Bertz CT molecular complexity index is 1410. The van der Waals surface area contributed by atoms with Gasteiger partial charge in [-0.15, -0.1) is 0 Å². The minimum absolute atomic E-state index is 0.0344. The van der Waals surface area contributed by atoms with Crippen LogP contribution in [-0.2, 0) is 10.9 Å². The molecule has 0 aliphatic rings. The first-order valence-electron chi connectivity index (χ1n) is 10.3. The zero-order valence-corrected chi connectivity index (χ0v) is 18.6. The van der Waals surface area contributed by atoms with Gasteiger partial charge < -0.3 is 14.0 Å². The van der Waals surface area contributed by atoms with Gasteiger partial charge in [0.15, 0.2) is 6.10 Å². The Labute approximate surface area is 199 Å². The van der Waals surface area contributed by atoms with E-state index in [0.29, 0.717) is 29.5 Å². The predicted molar refractivity (Wildman–Crippen MR) is 114 cm³/mol. The predicted octanol–water partition coefficient (Wildman–Crippen LogP) is 5.99. The largest absolute Gasteiger partial charge is 0.481 e. The number of carbonyl (C=O) groups is 1. The second-order valence-electron chi connectivity index (χ2n) is 7.68. The molecule has 36 heavy (non-hydrogen) atoms. The van der Waals surface area contributed by atoms with Crippen molar-refractivity contribution in [3.8, 4) is 28.6 Å². The van der Waals surface area contributed by atoms with E-state index in [9.17, 15) is 31.1 Å². The van der Waals surface area contributed by atoms with Crippen LogP contribution in [0.15, 0.2) is 53.2 Å². The lowest BCUT2D eigenvalue weighted by atomic mass is 10.1. The average Bonchev–Trinajstić information content (AvgIpc) is 3.45. The second kappa shape index (κ2) is 9.30. The summed E-state index contributed by atoms with van der Waals surface area (Å²) in [7, 11) is 1.38. The fourth-order valence-corrected chi connectivity index (χ4v) is 3.47. The molecule has 0 saturated heterocycles. The number of hydrogen-bond acceptors (Lipinski definition) is 6. The molecule has 2 aromatic carbocycles. The van der Waals surface area contributed by atoms with Crippen LogP contribution in [0.25, 0.3) is 33.7 Å². The van der Waals surface area contributed by atoms with Crippen LogP contribution in [0.3, 0.4) is 0 Å². The zero-order valence-electron chi connectivity index (χ0n) is 18.6. The van der Waals surface area contributed by atoms with E-state index in [4.69, 9.17) is 9.26 Å². The molecule has 0 saturated carbocycles. The Morgan fingerprint density at radius 3 is 2.53 bits per heavy atom. The van der Waals surface area contributed by atoms with Gasteiger partial charge in [-0.05, 0) is 37.3 Å². The molecule has 0 radical (unpaired) electrons. The fourth-order valence-electron chi connectivity index (χ4n) is 3.47. The third-order valence-corrected chi connectivity index (χ3v) is 5.23. The van der Waals surface area contributed by atoms with Gasteiger partial charge in [-0.1, -0.05) is 17.3 Å². The molecule has 7 nitrogen and oxygen atoms in total. The summed E-state index contributed by atoms with van der Waals surface area (Å²) in [6.45, 7) is 0.457. The maximum Gasteiger partial charge on any atom is 0.425 e. The van der Waals surface area contributed by atoms with Crippen LogP contribution < -0.4 is 4.74 Å². The molecular formula is C23H17F6N3O4. The molecule has 0 aliphatic heterocycles. The van der Waals surface area contributed by atoms with E-state index in [1.165, 1.54) is 17.9 Å². The van der Waals surface area contributed by atoms with E-state index in [2.05, 4.69) is 14.9 Å². The lowest BCUT2D eigenvalue weighted by Gasteiger charge is -2.20. The van der Waals surface area contributed by atoms with Gasteiger partial charge >= 0.3 is 12.4 Å². The third kappa shape index (κ3) is 4.91. The van der Waals surface area contributed by atoms with Crippen molar-refractivity contribution in [2.75, 3.05) is 13.7 Å². The molecule has 2 heterocycles. The smallest absolute Gasteiger partial charge is 0.425 e. The molecule has 1 unspecified atom stereocenters. The Hall–Kier alpha value is -3.87. The van der Waals surface area contributed by atoms with Crippen LogP contribution in [0.2, 0.25) is 0 Å². The van der Waals surface area contributed by atoms with Crippen LogP contribution in [0.1, 0.15) is 17.3 Å². The summed E-state index contributed by atoms with van der Waals surface area (Å²) >= 11 is 0. The van der Waals surface area contributed by atoms with Crippen LogP contribution in [0.4, 0.5) is 26.3 Å². The normalized spacial score (nSPS) is 13.2. The summed E-state index contributed by atoms with van der Waals surface area (Å²) in [6.07, 6.45) is -10.8. The minimum Gasteiger partial charge on any atom is -0.481 e. The topological polar surface area (TPSA) is 79.4 Å². The van der Waals surface area contributed by atoms with E-state index >= 15 is 0 Å². The van der Waals surface area contributed by atoms with Gasteiger partial charge in [0.25, 0.3) is 11.8 Å². The van der Waals surface area contributed by atoms with Crippen LogP contribution in [-0.4, -0.2) is 46.6 Å². The molecule has 0 bridgehead atoms. The molecule has 0 fully saturated rings. The summed E-state index contributed by atoms with van der Waals surface area (Å²) < 4.78 is 95.1. The number of rotatable bonds is 6. The van der Waals surface area contributed by atoms with Gasteiger partial charge in [0.05, 0.1) is 11.1 Å². The standard InChI is InChI=1S/C23H17F6N3O4/c1-12(22(24,25)26)35-18-7-6-13(10-16(18)23(27,28)29)21-30-20(31-36-21)15-4-3-5-17-14(15)8-9-32(17)19(33)11-34-2/h3-10,12H,11H2,1-2H3. The van der Waals surface area contributed by atoms with E-state index < -0.39 is 29.8 Å². The number of benzene rings is 2. The quantitative estimate of drug-likeness (QED) is 0.295. The highest BCUT2D eigenvalue weighted by Crippen LogP contribution is 2.40. The fraction of sp³-hybridized carbons (Fsp3) is 0.261. The summed E-state index contributed by atoms with van der Waals surface area (Å²) in [6, 6.07) is 9.04. The molecule has 0 aliphatic carbocycles. The molecule has 4 rings (SSSR count). The number of halogens is 6. The number of aromatic nitrogens is 3. The number of nitrogens with zero attached hydrogens (tertiary/aromatic N) is 3. The van der Waals surface area contributed by atoms with Crippen molar-refractivity contribution >= 4 is 16.8 Å². The molecule has 1 atom stereocenters. The summed E-state index contributed by atoms with van der Waals surface area (Å²) in [5.74, 6) is -1.56. The highest BCUT2D eigenvalue weighted by atomic mass is 19.4. The number of hydrogen-bond donors (Lipinski definition) is 0. The second-order valence-corrected chi connectivity index (χ2v) is 7.68. The van der Waals surface area contributed by atoms with Gasteiger partial charge in [-0.25, -0.2) is 0 Å². The molecule has 4 aromatic rings. The van der Waals surface area contributed by atoms with Crippen LogP contribution >= 0.6 is 0 Å². The highest BCUT2D eigenvalue weighted by molar-refractivity contribution is 5.99. The molecular weight excluding hydrogens is 496 g/mol. The Kier molecular flexibility index (Phi) is 6.52. The molecule has 0 N–H and O–H groups in total. The van der Waals surface area contributed by atoms with Gasteiger partial charge in [0.1, 0.15) is 12.4 Å². The van der Waals surface area contributed by atoms with Crippen molar-refractivity contribution in [1.29, 1.82) is 0 Å². The van der Waals surface area contributed by atoms with Crippen molar-refractivity contribution in [2.45, 2.75) is 25.4 Å². The molecule has 0 spiro atoms. The van der Waals surface area contributed by atoms with Crippen molar-refractivity contribution < 1.29 is 45.1 Å². The van der Waals surface area contributed by atoms with Crippen molar-refractivity contribution in [1.82, 2.24) is 14.7 Å². The lowest BCUT2D eigenvalue weighted by molar-refractivity contribution is -0.191. The third-order valence-electron chi connectivity index (χ3n) is 5.23. The van der Waals surface area contributed by atoms with Gasteiger partial charge in [0, 0.05) is 29.8 Å². The minimum atomic E-state index is -5.01. The monoisotopic (exact) mass is 513 g/mol. The first kappa shape index (κ1) is 25.2. The van der Waals surface area contributed by atoms with E-state index in [1.54, 1.807) is 24.3 Å². The highest BCUT2D eigenvalue weighted by Gasteiger charge is 2.41. The number of fused-ring (bicyclic) bond motifs is 1. The summed E-state index contributed by atoms with van der Waals surface area (Å²) in [5, 5.41) is 4.41. The number of alkyl halides is 6. The lowest BCUT2D eigenvalue weighted by Crippen LogP contribution is -2.31. The Morgan fingerprint density at radius 2 is 1.86 bits per heavy atom. The van der Waals surface area contributed by atoms with Gasteiger partial charge in [-0.3, -0.25) is 9.36 Å². The van der Waals surface area contributed by atoms with Crippen molar-refractivity contribution in [3.63, 3.8) is 0 Å². The van der Waals surface area contributed by atoms with Gasteiger partial charge in [0.2, 0.25) is 5.82 Å². The zero-order chi connectivity index (χ0) is 26.3. The van der Waals surface area contributed by atoms with Crippen LogP contribution in [0.5, 0.6) is 5.75 Å². The Morgan fingerprint density at radius 1 is 1.11 bits per heavy atom.